The van der Waals surface area contributed by atoms with Gasteiger partial charge < -0.3 is 9.47 Å². The van der Waals surface area contributed by atoms with Gasteiger partial charge in [0.25, 0.3) is 0 Å². The van der Waals surface area contributed by atoms with E-state index in [2.05, 4.69) is 6.92 Å². The van der Waals surface area contributed by atoms with Crippen molar-refractivity contribution in [3.05, 3.63) is 41.2 Å². The van der Waals surface area contributed by atoms with E-state index in [0.717, 1.165) is 56.6 Å². The molecule has 1 aromatic carbocycles. The fraction of sp³-hybridized carbons (Fsp3) is 0.579. The Kier molecular flexibility index (Phi) is 5.61. The van der Waals surface area contributed by atoms with Crippen molar-refractivity contribution in [1.29, 1.82) is 0 Å². The molecule has 5 heteroatoms. The van der Waals surface area contributed by atoms with Crippen LogP contribution in [0, 0.1) is 29.3 Å². The van der Waals surface area contributed by atoms with Crippen LogP contribution in [0.25, 0.3) is 5.57 Å². The van der Waals surface area contributed by atoms with Gasteiger partial charge in [0, 0.05) is 11.8 Å². The Morgan fingerprint density at radius 2 is 1.75 bits per heavy atom. The number of allylic oxidation sites excluding steroid dienone is 2. The summed E-state index contributed by atoms with van der Waals surface area (Å²) in [7, 11) is 0. The van der Waals surface area contributed by atoms with Crippen LogP contribution in [0.1, 0.15) is 44.6 Å². The third-order valence-corrected chi connectivity index (χ3v) is 4.88. The Morgan fingerprint density at radius 3 is 2.29 bits per heavy atom. The molecule has 0 spiro atoms. The first-order valence-corrected chi connectivity index (χ1v) is 8.65. The summed E-state index contributed by atoms with van der Waals surface area (Å²) in [4.78, 5) is 0. The van der Waals surface area contributed by atoms with E-state index >= 15 is 0 Å². The van der Waals surface area contributed by atoms with E-state index in [9.17, 15) is 13.2 Å². The minimum atomic E-state index is -1.42. The Bertz CT molecular complexity index is 584. The molecule has 24 heavy (non-hydrogen) atoms. The number of rotatable bonds is 4. The van der Waals surface area contributed by atoms with Crippen LogP contribution in [0.3, 0.4) is 0 Å². The molecule has 0 N–H and O–H groups in total. The predicted octanol–water partition coefficient (Wildman–Crippen LogP) is 5.08. The van der Waals surface area contributed by atoms with Gasteiger partial charge in [0.1, 0.15) is 0 Å². The Morgan fingerprint density at radius 1 is 1.08 bits per heavy atom. The van der Waals surface area contributed by atoms with Crippen molar-refractivity contribution < 1.29 is 22.6 Å². The highest BCUT2D eigenvalue weighted by atomic mass is 19.2. The maximum absolute atomic E-state index is 13.4. The monoisotopic (exact) mass is 340 g/mol. The van der Waals surface area contributed by atoms with Crippen molar-refractivity contribution in [2.45, 2.75) is 45.3 Å². The number of ether oxygens (including phenoxy) is 2. The molecule has 1 fully saturated rings. The summed E-state index contributed by atoms with van der Waals surface area (Å²) in [6.07, 6.45) is 6.25. The highest BCUT2D eigenvalue weighted by Gasteiger charge is 2.30. The quantitative estimate of drug-likeness (QED) is 0.712. The first-order valence-electron chi connectivity index (χ1n) is 8.65. The van der Waals surface area contributed by atoms with E-state index in [1.54, 1.807) is 0 Å². The highest BCUT2D eigenvalue weighted by molar-refractivity contribution is 5.66. The first kappa shape index (κ1) is 17.5. The zero-order valence-corrected chi connectivity index (χ0v) is 13.9. The van der Waals surface area contributed by atoms with E-state index in [1.165, 1.54) is 0 Å². The third kappa shape index (κ3) is 3.83. The Labute approximate surface area is 140 Å². The van der Waals surface area contributed by atoms with Crippen LogP contribution in [0.15, 0.2) is 18.2 Å². The van der Waals surface area contributed by atoms with E-state index in [4.69, 9.17) is 9.47 Å². The fourth-order valence-electron chi connectivity index (χ4n) is 3.51. The molecule has 0 bridgehead atoms. The van der Waals surface area contributed by atoms with Crippen LogP contribution >= 0.6 is 0 Å². The fourth-order valence-corrected chi connectivity index (χ4v) is 3.51. The topological polar surface area (TPSA) is 18.5 Å². The van der Waals surface area contributed by atoms with Crippen LogP contribution < -0.4 is 0 Å². The molecule has 1 aromatic rings. The summed E-state index contributed by atoms with van der Waals surface area (Å²) in [5, 5.41) is 0. The van der Waals surface area contributed by atoms with E-state index in [0.29, 0.717) is 17.9 Å². The molecule has 1 saturated heterocycles. The van der Waals surface area contributed by atoms with Gasteiger partial charge in [-0.3, -0.25) is 0 Å². The van der Waals surface area contributed by atoms with E-state index < -0.39 is 17.5 Å². The maximum atomic E-state index is 13.4. The lowest BCUT2D eigenvalue weighted by Crippen LogP contribution is -2.37. The molecule has 3 rings (SSSR count). The Balaban J connectivity index is 1.61. The van der Waals surface area contributed by atoms with Crippen LogP contribution in [-0.2, 0) is 9.47 Å². The van der Waals surface area contributed by atoms with Crippen molar-refractivity contribution >= 4 is 5.57 Å². The summed E-state index contributed by atoms with van der Waals surface area (Å²) >= 11 is 0. The number of hydrogen-bond acceptors (Lipinski definition) is 2. The summed E-state index contributed by atoms with van der Waals surface area (Å²) in [5.74, 6) is -2.97. The van der Waals surface area contributed by atoms with Crippen LogP contribution in [0.5, 0.6) is 0 Å². The second-order valence-electron chi connectivity index (χ2n) is 6.71. The van der Waals surface area contributed by atoms with Crippen molar-refractivity contribution in [3.8, 4) is 0 Å². The molecule has 132 valence electrons. The Hall–Kier alpha value is -1.33. The SMILES string of the molecule is CCCC1COC(C2CC=C(c3cc(F)c(F)c(F)c3)CC2)OC1. The lowest BCUT2D eigenvalue weighted by molar-refractivity contribution is -0.225. The molecule has 0 saturated carbocycles. The smallest absolute Gasteiger partial charge is 0.194 e. The summed E-state index contributed by atoms with van der Waals surface area (Å²) < 4.78 is 51.5. The summed E-state index contributed by atoms with van der Waals surface area (Å²) in [5.41, 5.74) is 1.27. The van der Waals surface area contributed by atoms with Gasteiger partial charge in [-0.2, -0.15) is 0 Å². The lowest BCUT2D eigenvalue weighted by atomic mass is 9.86. The second kappa shape index (κ2) is 7.70. The van der Waals surface area contributed by atoms with Gasteiger partial charge in [-0.05, 0) is 49.0 Å². The molecule has 0 radical (unpaired) electrons. The molecule has 1 unspecified atom stereocenters. The van der Waals surface area contributed by atoms with Crippen LogP contribution in [-0.4, -0.2) is 19.5 Å². The van der Waals surface area contributed by atoms with E-state index in [-0.39, 0.29) is 12.2 Å². The molecule has 0 amide bonds. The van der Waals surface area contributed by atoms with Gasteiger partial charge >= 0.3 is 0 Å². The van der Waals surface area contributed by atoms with Gasteiger partial charge in [0.2, 0.25) is 0 Å². The average Bonchev–Trinajstić information content (AvgIpc) is 2.60. The third-order valence-electron chi connectivity index (χ3n) is 4.88. The average molecular weight is 340 g/mol. The number of hydrogen-bond donors (Lipinski definition) is 0. The van der Waals surface area contributed by atoms with Gasteiger partial charge in [0.05, 0.1) is 13.2 Å². The zero-order valence-electron chi connectivity index (χ0n) is 13.9. The van der Waals surface area contributed by atoms with Gasteiger partial charge in [-0.1, -0.05) is 19.4 Å². The lowest BCUT2D eigenvalue weighted by Gasteiger charge is -2.35. The maximum Gasteiger partial charge on any atom is 0.194 e. The van der Waals surface area contributed by atoms with Gasteiger partial charge in [-0.25, -0.2) is 13.2 Å². The second-order valence-corrected chi connectivity index (χ2v) is 6.71. The molecular formula is C19H23F3O2. The highest BCUT2D eigenvalue weighted by Crippen LogP contribution is 2.35. The molecule has 0 aromatic heterocycles. The molecule has 1 aliphatic carbocycles. The molecule has 1 heterocycles. The summed E-state index contributed by atoms with van der Waals surface area (Å²) in [6.45, 7) is 3.63. The van der Waals surface area contributed by atoms with Crippen molar-refractivity contribution in [2.75, 3.05) is 13.2 Å². The normalized spacial score (nSPS) is 27.8. The standard InChI is InChI=1S/C19H23F3O2/c1-2-3-12-10-23-19(24-11-12)14-6-4-13(5-7-14)15-8-16(20)18(22)17(21)9-15/h4,8-9,12,14,19H,2-3,5-7,10-11H2,1H3. The molecule has 1 atom stereocenters. The molecule has 1 aliphatic heterocycles. The van der Waals surface area contributed by atoms with E-state index in [1.807, 2.05) is 6.08 Å². The number of halogens is 3. The van der Waals surface area contributed by atoms with Crippen molar-refractivity contribution in [3.63, 3.8) is 0 Å². The minimum Gasteiger partial charge on any atom is -0.352 e. The molecule has 2 aliphatic rings. The van der Waals surface area contributed by atoms with Crippen molar-refractivity contribution in [1.82, 2.24) is 0 Å². The zero-order chi connectivity index (χ0) is 17.1. The first-order chi connectivity index (χ1) is 11.6. The van der Waals surface area contributed by atoms with Gasteiger partial charge in [0.15, 0.2) is 23.7 Å². The molecule has 2 nitrogen and oxygen atoms in total. The predicted molar refractivity (Wildman–Crippen MR) is 85.7 cm³/mol. The van der Waals surface area contributed by atoms with Crippen LogP contribution in [0.4, 0.5) is 13.2 Å². The minimum absolute atomic E-state index is 0.197. The van der Waals surface area contributed by atoms with Gasteiger partial charge in [-0.15, -0.1) is 0 Å². The number of benzene rings is 1. The molecular weight excluding hydrogens is 317 g/mol. The largest absolute Gasteiger partial charge is 0.352 e. The summed E-state index contributed by atoms with van der Waals surface area (Å²) in [6, 6.07) is 2.13. The van der Waals surface area contributed by atoms with Crippen molar-refractivity contribution in [2.24, 2.45) is 11.8 Å². The van der Waals surface area contributed by atoms with Crippen LogP contribution in [0.2, 0.25) is 0 Å².